The van der Waals surface area contributed by atoms with Gasteiger partial charge >= 0.3 is 0 Å². The Morgan fingerprint density at radius 3 is 2.53 bits per heavy atom. The SMILES string of the molecule is CCNS(=O)(=O)c1ccc(C)c(C(=O)NC2CCN(Cc3ccc(OC)c(F)c3)CC2)c1. The smallest absolute Gasteiger partial charge is 0.251 e. The molecular formula is C23H30FN3O4S. The van der Waals surface area contributed by atoms with Crippen molar-refractivity contribution in [2.24, 2.45) is 0 Å². The number of carbonyl (C=O) groups excluding carboxylic acids is 1. The van der Waals surface area contributed by atoms with Crippen LogP contribution < -0.4 is 14.8 Å². The number of carbonyl (C=O) groups is 1. The molecule has 2 N–H and O–H groups in total. The Kier molecular flexibility index (Phi) is 7.86. The average molecular weight is 464 g/mol. The van der Waals surface area contributed by atoms with Crippen molar-refractivity contribution in [2.75, 3.05) is 26.7 Å². The van der Waals surface area contributed by atoms with Crippen LogP contribution in [0.15, 0.2) is 41.3 Å². The molecule has 1 fully saturated rings. The van der Waals surface area contributed by atoms with Crippen LogP contribution in [0.2, 0.25) is 0 Å². The van der Waals surface area contributed by atoms with Crippen LogP contribution in [0, 0.1) is 12.7 Å². The zero-order chi connectivity index (χ0) is 23.3. The fourth-order valence-corrected chi connectivity index (χ4v) is 4.92. The summed E-state index contributed by atoms with van der Waals surface area (Å²) in [5.41, 5.74) is 1.96. The summed E-state index contributed by atoms with van der Waals surface area (Å²) in [5, 5.41) is 3.04. The Balaban J connectivity index is 1.58. The molecule has 0 atom stereocenters. The predicted molar refractivity (Wildman–Crippen MR) is 121 cm³/mol. The molecule has 32 heavy (non-hydrogen) atoms. The fraction of sp³-hybridized carbons (Fsp3) is 0.435. The largest absolute Gasteiger partial charge is 0.494 e. The standard InChI is InChI=1S/C23H30FN3O4S/c1-4-25-32(29,30)19-7-5-16(2)20(14-19)23(28)26-18-9-11-27(12-10-18)15-17-6-8-22(31-3)21(24)13-17/h5-8,13-14,18,25H,4,9-12,15H2,1-3H3,(H,26,28). The molecule has 0 bridgehead atoms. The molecule has 2 aromatic carbocycles. The molecule has 1 aliphatic rings. The second-order valence-corrected chi connectivity index (χ2v) is 9.74. The van der Waals surface area contributed by atoms with Crippen molar-refractivity contribution in [2.45, 2.75) is 44.2 Å². The van der Waals surface area contributed by atoms with Gasteiger partial charge in [-0.05, 0) is 55.2 Å². The van der Waals surface area contributed by atoms with Crippen molar-refractivity contribution in [1.82, 2.24) is 14.9 Å². The van der Waals surface area contributed by atoms with Gasteiger partial charge < -0.3 is 10.1 Å². The minimum absolute atomic E-state index is 0.000200. The lowest BCUT2D eigenvalue weighted by molar-refractivity contribution is 0.0908. The van der Waals surface area contributed by atoms with Crippen LogP contribution in [0.25, 0.3) is 0 Å². The van der Waals surface area contributed by atoms with Crippen LogP contribution >= 0.6 is 0 Å². The van der Waals surface area contributed by atoms with E-state index in [9.17, 15) is 17.6 Å². The predicted octanol–water partition coefficient (Wildman–Crippen LogP) is 2.84. The third-order valence-electron chi connectivity index (χ3n) is 5.64. The first-order valence-electron chi connectivity index (χ1n) is 10.7. The monoisotopic (exact) mass is 463 g/mol. The highest BCUT2D eigenvalue weighted by atomic mass is 32.2. The summed E-state index contributed by atoms with van der Waals surface area (Å²) >= 11 is 0. The number of hydrogen-bond donors (Lipinski definition) is 2. The maximum Gasteiger partial charge on any atom is 0.251 e. The third-order valence-corrected chi connectivity index (χ3v) is 7.19. The number of ether oxygens (including phenoxy) is 1. The first-order valence-corrected chi connectivity index (χ1v) is 12.2. The van der Waals surface area contributed by atoms with E-state index < -0.39 is 10.0 Å². The lowest BCUT2D eigenvalue weighted by Gasteiger charge is -2.32. The number of sulfonamides is 1. The quantitative estimate of drug-likeness (QED) is 0.629. The first-order chi connectivity index (χ1) is 15.2. The number of methoxy groups -OCH3 is 1. The van der Waals surface area contributed by atoms with Crippen molar-refractivity contribution in [3.63, 3.8) is 0 Å². The molecule has 0 saturated carbocycles. The first kappa shape index (κ1) is 24.2. The van der Waals surface area contributed by atoms with Crippen molar-refractivity contribution < 1.29 is 22.3 Å². The molecule has 0 aromatic heterocycles. The van der Waals surface area contributed by atoms with Gasteiger partial charge in [-0.25, -0.2) is 17.5 Å². The van der Waals surface area contributed by atoms with E-state index in [0.717, 1.165) is 37.1 Å². The molecule has 1 saturated heterocycles. The zero-order valence-electron chi connectivity index (χ0n) is 18.7. The number of nitrogens with zero attached hydrogens (tertiary/aromatic N) is 1. The number of likely N-dealkylation sites (tertiary alicyclic amines) is 1. The van der Waals surface area contributed by atoms with Gasteiger partial charge in [-0.2, -0.15) is 0 Å². The van der Waals surface area contributed by atoms with Gasteiger partial charge in [0, 0.05) is 37.8 Å². The summed E-state index contributed by atoms with van der Waals surface area (Å²) in [4.78, 5) is 15.1. The number of nitrogens with one attached hydrogen (secondary N) is 2. The number of piperidine rings is 1. The van der Waals surface area contributed by atoms with Crippen LogP contribution in [0.5, 0.6) is 5.75 Å². The number of hydrogen-bond acceptors (Lipinski definition) is 5. The normalized spacial score (nSPS) is 15.5. The number of halogens is 1. The van der Waals surface area contributed by atoms with Crippen LogP contribution in [-0.4, -0.2) is 52.0 Å². The number of amides is 1. The van der Waals surface area contributed by atoms with Crippen molar-refractivity contribution in [1.29, 1.82) is 0 Å². The van der Waals surface area contributed by atoms with Crippen molar-refractivity contribution in [3.05, 3.63) is 58.9 Å². The van der Waals surface area contributed by atoms with Gasteiger partial charge in [0.05, 0.1) is 12.0 Å². The average Bonchev–Trinajstić information content (AvgIpc) is 2.75. The van der Waals surface area contributed by atoms with Gasteiger partial charge in [0.15, 0.2) is 11.6 Å². The van der Waals surface area contributed by atoms with Gasteiger partial charge in [-0.15, -0.1) is 0 Å². The molecule has 0 spiro atoms. The molecule has 1 aliphatic heterocycles. The summed E-state index contributed by atoms with van der Waals surface area (Å²) < 4.78 is 45.9. The molecular weight excluding hydrogens is 433 g/mol. The maximum atomic E-state index is 13.9. The third kappa shape index (κ3) is 5.85. The maximum absolute atomic E-state index is 13.9. The Morgan fingerprint density at radius 2 is 1.91 bits per heavy atom. The van der Waals surface area contributed by atoms with E-state index in [-0.39, 0.29) is 35.0 Å². The van der Waals surface area contributed by atoms with Crippen LogP contribution in [0.3, 0.4) is 0 Å². The minimum atomic E-state index is -3.63. The number of aryl methyl sites for hydroxylation is 1. The number of benzene rings is 2. The van der Waals surface area contributed by atoms with E-state index in [2.05, 4.69) is 14.9 Å². The van der Waals surface area contributed by atoms with Crippen LogP contribution in [0.4, 0.5) is 4.39 Å². The summed E-state index contributed by atoms with van der Waals surface area (Å²) in [6.45, 7) is 5.94. The molecule has 0 radical (unpaired) electrons. The lowest BCUT2D eigenvalue weighted by Crippen LogP contribution is -2.44. The highest BCUT2D eigenvalue weighted by molar-refractivity contribution is 7.89. The summed E-state index contributed by atoms with van der Waals surface area (Å²) in [6, 6.07) is 9.55. The van der Waals surface area contributed by atoms with E-state index in [4.69, 9.17) is 4.74 Å². The minimum Gasteiger partial charge on any atom is -0.494 e. The van der Waals surface area contributed by atoms with E-state index >= 15 is 0 Å². The van der Waals surface area contributed by atoms with Crippen molar-refractivity contribution >= 4 is 15.9 Å². The Morgan fingerprint density at radius 1 is 1.19 bits per heavy atom. The molecule has 1 amide bonds. The van der Waals surface area contributed by atoms with Crippen LogP contribution in [-0.2, 0) is 16.6 Å². The Hall–Kier alpha value is -2.49. The van der Waals surface area contributed by atoms with Crippen LogP contribution in [0.1, 0.15) is 41.3 Å². The lowest BCUT2D eigenvalue weighted by atomic mass is 10.0. The summed E-state index contributed by atoms with van der Waals surface area (Å²) in [5.74, 6) is -0.416. The van der Waals surface area contributed by atoms with E-state index in [1.807, 2.05) is 6.07 Å². The van der Waals surface area contributed by atoms with Gasteiger partial charge in [0.1, 0.15) is 0 Å². The van der Waals surface area contributed by atoms with E-state index in [1.165, 1.54) is 25.3 Å². The topological polar surface area (TPSA) is 87.7 Å². The van der Waals surface area contributed by atoms with Gasteiger partial charge in [-0.3, -0.25) is 9.69 Å². The molecule has 7 nitrogen and oxygen atoms in total. The molecule has 0 aliphatic carbocycles. The Bertz CT molecular complexity index is 1070. The second-order valence-electron chi connectivity index (χ2n) is 7.97. The Labute approximate surface area is 189 Å². The van der Waals surface area contributed by atoms with Gasteiger partial charge in [-0.1, -0.05) is 19.1 Å². The van der Waals surface area contributed by atoms with Gasteiger partial charge in [0.25, 0.3) is 5.91 Å². The molecule has 9 heteroatoms. The summed E-state index contributed by atoms with van der Waals surface area (Å²) in [7, 11) is -2.19. The molecule has 2 aromatic rings. The number of rotatable bonds is 8. The molecule has 3 rings (SSSR count). The van der Waals surface area contributed by atoms with E-state index in [1.54, 1.807) is 26.0 Å². The highest BCUT2D eigenvalue weighted by Gasteiger charge is 2.23. The van der Waals surface area contributed by atoms with E-state index in [0.29, 0.717) is 12.1 Å². The summed E-state index contributed by atoms with van der Waals surface area (Å²) in [6.07, 6.45) is 1.53. The fourth-order valence-electron chi connectivity index (χ4n) is 3.85. The highest BCUT2D eigenvalue weighted by Crippen LogP contribution is 2.21. The zero-order valence-corrected chi connectivity index (χ0v) is 19.5. The molecule has 1 heterocycles. The molecule has 0 unspecified atom stereocenters. The van der Waals surface area contributed by atoms with Crippen molar-refractivity contribution in [3.8, 4) is 5.75 Å². The van der Waals surface area contributed by atoms with Gasteiger partial charge in [0.2, 0.25) is 10.0 Å². The molecule has 174 valence electrons. The second kappa shape index (κ2) is 10.4.